The molecule has 0 aliphatic carbocycles. The monoisotopic (exact) mass is 356 g/mol. The van der Waals surface area contributed by atoms with Crippen molar-refractivity contribution in [3.8, 4) is 17.8 Å². The van der Waals surface area contributed by atoms with Crippen molar-refractivity contribution in [2.24, 2.45) is 0 Å². The highest BCUT2D eigenvalue weighted by Gasteiger charge is 2.12. The van der Waals surface area contributed by atoms with E-state index in [1.165, 1.54) is 18.2 Å². The van der Waals surface area contributed by atoms with Gasteiger partial charge in [0.25, 0.3) is 0 Å². The molecule has 8 heteroatoms. The summed E-state index contributed by atoms with van der Waals surface area (Å²) in [4.78, 5) is 12.2. The second-order valence-corrected chi connectivity index (χ2v) is 5.17. The zero-order chi connectivity index (χ0) is 15.4. The first-order valence-electron chi connectivity index (χ1n) is 6.21. The Balaban J connectivity index is 2.29. The quantitative estimate of drug-likeness (QED) is 0.885. The molecule has 1 heterocycles. The van der Waals surface area contributed by atoms with E-state index in [0.29, 0.717) is 16.2 Å². The summed E-state index contributed by atoms with van der Waals surface area (Å²) in [6.45, 7) is 3.72. The van der Waals surface area contributed by atoms with E-state index >= 15 is 0 Å². The first-order valence-corrected chi connectivity index (χ1v) is 7.00. The van der Waals surface area contributed by atoms with Crippen LogP contribution in [0.3, 0.4) is 0 Å². The van der Waals surface area contributed by atoms with Crippen molar-refractivity contribution < 1.29 is 13.9 Å². The van der Waals surface area contributed by atoms with Crippen molar-refractivity contribution in [1.29, 1.82) is 0 Å². The summed E-state index contributed by atoms with van der Waals surface area (Å²) < 4.78 is 24.5. The molecule has 21 heavy (non-hydrogen) atoms. The maximum absolute atomic E-state index is 13.1. The van der Waals surface area contributed by atoms with Gasteiger partial charge in [-0.25, -0.2) is 4.39 Å². The van der Waals surface area contributed by atoms with Gasteiger partial charge in [-0.05, 0) is 48.0 Å². The normalized spacial score (nSPS) is 10.6. The van der Waals surface area contributed by atoms with Crippen molar-refractivity contribution in [3.05, 3.63) is 28.5 Å². The number of hydrogen-bond donors (Lipinski definition) is 1. The van der Waals surface area contributed by atoms with E-state index in [1.54, 1.807) is 7.05 Å². The Morgan fingerprint density at radius 1 is 1.19 bits per heavy atom. The van der Waals surface area contributed by atoms with E-state index in [9.17, 15) is 4.39 Å². The van der Waals surface area contributed by atoms with Gasteiger partial charge in [-0.2, -0.15) is 9.97 Å². The Morgan fingerprint density at radius 3 is 2.52 bits per heavy atom. The van der Waals surface area contributed by atoms with Crippen LogP contribution in [0.25, 0.3) is 0 Å². The minimum Gasteiger partial charge on any atom is -0.461 e. The molecule has 0 aliphatic rings. The van der Waals surface area contributed by atoms with Crippen molar-refractivity contribution >= 4 is 21.9 Å². The Morgan fingerprint density at radius 2 is 1.90 bits per heavy atom. The molecule has 1 aromatic heterocycles. The van der Waals surface area contributed by atoms with Gasteiger partial charge in [0, 0.05) is 7.05 Å². The zero-order valence-electron chi connectivity index (χ0n) is 11.7. The minimum atomic E-state index is -0.371. The van der Waals surface area contributed by atoms with E-state index in [2.05, 4.69) is 36.2 Å². The van der Waals surface area contributed by atoms with E-state index in [4.69, 9.17) is 9.47 Å². The van der Waals surface area contributed by atoms with E-state index in [1.807, 2.05) is 13.8 Å². The van der Waals surface area contributed by atoms with Crippen LogP contribution in [0.5, 0.6) is 17.8 Å². The maximum Gasteiger partial charge on any atom is 0.330 e. The Bertz CT molecular complexity index is 640. The van der Waals surface area contributed by atoms with Crippen LogP contribution >= 0.6 is 15.9 Å². The highest BCUT2D eigenvalue weighted by atomic mass is 79.9. The predicted molar refractivity (Wildman–Crippen MR) is 79.3 cm³/mol. The standard InChI is InChI=1S/C13H14BrFN4O2/c1-7(2)20-12-17-11(16-3)18-13(19-12)21-10-5-4-8(15)6-9(10)14/h4-7H,1-3H3,(H,16,17,18,19). The molecule has 1 N–H and O–H groups in total. The van der Waals surface area contributed by atoms with E-state index < -0.39 is 0 Å². The van der Waals surface area contributed by atoms with Crippen LogP contribution in [-0.4, -0.2) is 28.1 Å². The molecule has 0 atom stereocenters. The molecule has 0 saturated heterocycles. The fourth-order valence-corrected chi connectivity index (χ4v) is 1.85. The van der Waals surface area contributed by atoms with Crippen molar-refractivity contribution in [2.45, 2.75) is 20.0 Å². The van der Waals surface area contributed by atoms with E-state index in [-0.39, 0.29) is 23.9 Å². The Labute approximate surface area is 129 Å². The molecule has 0 amide bonds. The molecule has 0 radical (unpaired) electrons. The molecule has 0 saturated carbocycles. The van der Waals surface area contributed by atoms with E-state index in [0.717, 1.165) is 0 Å². The van der Waals surface area contributed by atoms with Gasteiger partial charge in [-0.1, -0.05) is 0 Å². The fraction of sp³-hybridized carbons (Fsp3) is 0.308. The molecule has 2 rings (SSSR count). The van der Waals surface area contributed by atoms with Crippen LogP contribution < -0.4 is 14.8 Å². The maximum atomic E-state index is 13.1. The number of rotatable bonds is 5. The lowest BCUT2D eigenvalue weighted by Crippen LogP contribution is -2.11. The smallest absolute Gasteiger partial charge is 0.330 e. The molecule has 0 unspecified atom stereocenters. The minimum absolute atomic E-state index is 0.0531. The third-order valence-corrected chi connectivity index (χ3v) is 2.87. The van der Waals surface area contributed by atoms with Crippen LogP contribution in [0.1, 0.15) is 13.8 Å². The van der Waals surface area contributed by atoms with Gasteiger partial charge >= 0.3 is 12.0 Å². The molecule has 0 bridgehead atoms. The summed E-state index contributed by atoms with van der Waals surface area (Å²) in [6, 6.07) is 4.26. The van der Waals surface area contributed by atoms with Crippen molar-refractivity contribution in [1.82, 2.24) is 15.0 Å². The molecular formula is C13H14BrFN4O2. The van der Waals surface area contributed by atoms with Crippen LogP contribution in [0, 0.1) is 5.82 Å². The summed E-state index contributed by atoms with van der Waals surface area (Å²) in [5, 5.41) is 2.80. The van der Waals surface area contributed by atoms with Gasteiger partial charge in [-0.15, -0.1) is 4.98 Å². The third-order valence-electron chi connectivity index (χ3n) is 2.25. The van der Waals surface area contributed by atoms with Gasteiger partial charge in [0.05, 0.1) is 10.6 Å². The molecular weight excluding hydrogens is 343 g/mol. The van der Waals surface area contributed by atoms with Crippen LogP contribution in [0.15, 0.2) is 22.7 Å². The lowest BCUT2D eigenvalue weighted by molar-refractivity contribution is 0.218. The second kappa shape index (κ2) is 6.66. The topological polar surface area (TPSA) is 69.2 Å². The molecule has 0 spiro atoms. The zero-order valence-corrected chi connectivity index (χ0v) is 13.3. The van der Waals surface area contributed by atoms with Gasteiger partial charge in [-0.3, -0.25) is 0 Å². The summed E-state index contributed by atoms with van der Waals surface area (Å²) in [5.74, 6) is 0.332. The first kappa shape index (κ1) is 15.4. The highest BCUT2D eigenvalue weighted by Crippen LogP contribution is 2.29. The number of ether oxygens (including phenoxy) is 2. The second-order valence-electron chi connectivity index (χ2n) is 4.32. The number of nitrogens with one attached hydrogen (secondary N) is 1. The summed E-state index contributed by atoms with van der Waals surface area (Å²) >= 11 is 3.22. The molecule has 6 nitrogen and oxygen atoms in total. The lowest BCUT2D eigenvalue weighted by Gasteiger charge is -2.11. The fourth-order valence-electron chi connectivity index (χ4n) is 1.42. The van der Waals surface area contributed by atoms with Gasteiger partial charge in [0.1, 0.15) is 11.6 Å². The van der Waals surface area contributed by atoms with Crippen LogP contribution in [-0.2, 0) is 0 Å². The average Bonchev–Trinajstić information content (AvgIpc) is 2.41. The number of benzene rings is 1. The first-order chi connectivity index (χ1) is 9.97. The molecule has 2 aromatic rings. The predicted octanol–water partition coefficient (Wildman–Crippen LogP) is 3.39. The largest absolute Gasteiger partial charge is 0.461 e. The molecule has 0 aliphatic heterocycles. The molecule has 112 valence electrons. The number of hydrogen-bond acceptors (Lipinski definition) is 6. The Kier molecular flexibility index (Phi) is 4.89. The number of halogens is 2. The van der Waals surface area contributed by atoms with Gasteiger partial charge in [0.2, 0.25) is 5.95 Å². The molecule has 0 fully saturated rings. The van der Waals surface area contributed by atoms with Crippen molar-refractivity contribution in [2.75, 3.05) is 12.4 Å². The lowest BCUT2D eigenvalue weighted by atomic mass is 10.3. The SMILES string of the molecule is CNc1nc(Oc2ccc(F)cc2Br)nc(OC(C)C)n1. The van der Waals surface area contributed by atoms with Gasteiger partial charge < -0.3 is 14.8 Å². The summed E-state index contributed by atoms with van der Waals surface area (Å²) in [7, 11) is 1.67. The van der Waals surface area contributed by atoms with Crippen molar-refractivity contribution in [3.63, 3.8) is 0 Å². The summed E-state index contributed by atoms with van der Waals surface area (Å²) in [5.41, 5.74) is 0. The van der Waals surface area contributed by atoms with Crippen LogP contribution in [0.2, 0.25) is 0 Å². The number of nitrogens with zero attached hydrogens (tertiary/aromatic N) is 3. The molecule has 1 aromatic carbocycles. The van der Waals surface area contributed by atoms with Gasteiger partial charge in [0.15, 0.2) is 0 Å². The summed E-state index contributed by atoms with van der Waals surface area (Å²) in [6.07, 6.45) is -0.0810. The third kappa shape index (κ3) is 4.25. The number of anilines is 1. The van der Waals surface area contributed by atoms with Crippen LogP contribution in [0.4, 0.5) is 10.3 Å². The average molecular weight is 357 g/mol. The Hall–Kier alpha value is -1.96. The number of aromatic nitrogens is 3. The highest BCUT2D eigenvalue weighted by molar-refractivity contribution is 9.10.